The summed E-state index contributed by atoms with van der Waals surface area (Å²) in [6.45, 7) is 7.33. The highest BCUT2D eigenvalue weighted by Crippen LogP contribution is 2.51. The number of unbranched alkanes of at least 4 members (excludes halogenated alkanes) is 2. The molecule has 5 nitrogen and oxygen atoms in total. The Kier molecular flexibility index (Phi) is 10.5. The minimum Gasteiger partial charge on any atom is -0.497 e. The number of rotatable bonds is 12. The fourth-order valence-corrected chi connectivity index (χ4v) is 7.17. The van der Waals surface area contributed by atoms with Crippen molar-refractivity contribution in [2.45, 2.75) is 82.8 Å². The van der Waals surface area contributed by atoms with E-state index >= 15 is 0 Å². The normalized spacial score (nSPS) is 25.3. The summed E-state index contributed by atoms with van der Waals surface area (Å²) >= 11 is 0. The minimum absolute atomic E-state index is 0.0319. The number of benzene rings is 2. The Morgan fingerprint density at radius 3 is 2.59 bits per heavy atom. The van der Waals surface area contributed by atoms with Crippen LogP contribution in [0.4, 0.5) is 0 Å². The summed E-state index contributed by atoms with van der Waals surface area (Å²) in [7, 11) is 5.83. The van der Waals surface area contributed by atoms with Gasteiger partial charge in [-0.05, 0) is 81.3 Å². The second kappa shape index (κ2) is 13.8. The van der Waals surface area contributed by atoms with Gasteiger partial charge in [-0.1, -0.05) is 62.7 Å². The zero-order chi connectivity index (χ0) is 27.8. The van der Waals surface area contributed by atoms with E-state index in [4.69, 9.17) is 9.47 Å². The second-order valence-corrected chi connectivity index (χ2v) is 12.4. The van der Waals surface area contributed by atoms with Gasteiger partial charge in [0, 0.05) is 44.0 Å². The lowest BCUT2D eigenvalue weighted by Gasteiger charge is -2.56. The van der Waals surface area contributed by atoms with Crippen molar-refractivity contribution in [1.82, 2.24) is 9.80 Å². The lowest BCUT2D eigenvalue weighted by molar-refractivity contribution is -0.140. The van der Waals surface area contributed by atoms with Gasteiger partial charge in [0.1, 0.15) is 5.75 Å². The maximum atomic E-state index is 13.8. The SMILES string of the molecule is COc1cccc([C@@]23CCN(C)C[C@H]2C(OC)C[C@@H](N(CC(C)C)C(=O)CCCCCc2ccccc2)C3)c1. The van der Waals surface area contributed by atoms with E-state index in [1.165, 1.54) is 11.1 Å². The van der Waals surface area contributed by atoms with Crippen LogP contribution in [-0.4, -0.2) is 68.8 Å². The maximum absolute atomic E-state index is 13.8. The molecule has 2 aliphatic rings. The zero-order valence-electron chi connectivity index (χ0n) is 24.9. The molecule has 0 spiro atoms. The third-order valence-electron chi connectivity index (χ3n) is 9.18. The van der Waals surface area contributed by atoms with Crippen molar-refractivity contribution in [3.63, 3.8) is 0 Å². The quantitative estimate of drug-likeness (QED) is 0.298. The van der Waals surface area contributed by atoms with Crippen molar-refractivity contribution < 1.29 is 14.3 Å². The van der Waals surface area contributed by atoms with Crippen molar-refractivity contribution in [3.05, 3.63) is 65.7 Å². The number of carbonyl (C=O) groups excluding carboxylic acids is 1. The summed E-state index contributed by atoms with van der Waals surface area (Å²) in [6.07, 6.45) is 7.98. The fourth-order valence-electron chi connectivity index (χ4n) is 7.17. The number of piperidine rings is 1. The molecule has 2 aromatic carbocycles. The highest BCUT2D eigenvalue weighted by atomic mass is 16.5. The Bertz CT molecular complexity index is 1040. The van der Waals surface area contributed by atoms with Crippen molar-refractivity contribution in [1.29, 1.82) is 0 Å². The first-order valence-electron chi connectivity index (χ1n) is 15.1. The van der Waals surface area contributed by atoms with E-state index < -0.39 is 0 Å². The van der Waals surface area contributed by atoms with Gasteiger partial charge in [-0.2, -0.15) is 0 Å². The van der Waals surface area contributed by atoms with Gasteiger partial charge in [0.05, 0.1) is 13.2 Å². The molecule has 0 bridgehead atoms. The first-order valence-corrected chi connectivity index (χ1v) is 15.1. The van der Waals surface area contributed by atoms with Crippen LogP contribution in [0.15, 0.2) is 54.6 Å². The predicted octanol–water partition coefficient (Wildman–Crippen LogP) is 6.35. The number of hydrogen-bond acceptors (Lipinski definition) is 4. The molecule has 2 fully saturated rings. The summed E-state index contributed by atoms with van der Waals surface area (Å²) < 4.78 is 11.9. The van der Waals surface area contributed by atoms with Crippen LogP contribution in [0.25, 0.3) is 0 Å². The van der Waals surface area contributed by atoms with Crippen molar-refractivity contribution in [2.75, 3.05) is 40.9 Å². The summed E-state index contributed by atoms with van der Waals surface area (Å²) in [4.78, 5) is 18.5. The predicted molar refractivity (Wildman–Crippen MR) is 159 cm³/mol. The molecular formula is C34H50N2O3. The average Bonchev–Trinajstić information content (AvgIpc) is 2.95. The molecule has 1 aliphatic heterocycles. The van der Waals surface area contributed by atoms with Gasteiger partial charge < -0.3 is 19.3 Å². The molecule has 0 radical (unpaired) electrons. The van der Waals surface area contributed by atoms with Crippen LogP contribution in [-0.2, 0) is 21.4 Å². The minimum atomic E-state index is -0.0319. The number of carbonyl (C=O) groups is 1. The monoisotopic (exact) mass is 534 g/mol. The molecule has 1 unspecified atom stereocenters. The number of ether oxygens (including phenoxy) is 2. The van der Waals surface area contributed by atoms with Crippen LogP contribution in [0.5, 0.6) is 5.75 Å². The van der Waals surface area contributed by atoms with Gasteiger partial charge in [-0.3, -0.25) is 4.79 Å². The lowest BCUT2D eigenvalue weighted by Crippen LogP contribution is -2.61. The van der Waals surface area contributed by atoms with Gasteiger partial charge in [0.15, 0.2) is 0 Å². The van der Waals surface area contributed by atoms with E-state index in [2.05, 4.69) is 79.2 Å². The summed E-state index contributed by atoms with van der Waals surface area (Å²) in [5, 5.41) is 0. The molecule has 4 atom stereocenters. The van der Waals surface area contributed by atoms with E-state index in [9.17, 15) is 4.79 Å². The van der Waals surface area contributed by atoms with E-state index in [-0.39, 0.29) is 17.6 Å². The molecule has 2 aromatic rings. The molecule has 1 heterocycles. The first kappa shape index (κ1) is 29.6. The Labute approximate surface area is 236 Å². The number of hydrogen-bond donors (Lipinski definition) is 0. The van der Waals surface area contributed by atoms with Crippen molar-refractivity contribution >= 4 is 5.91 Å². The average molecular weight is 535 g/mol. The molecule has 39 heavy (non-hydrogen) atoms. The highest BCUT2D eigenvalue weighted by molar-refractivity contribution is 5.76. The Hall–Kier alpha value is -2.37. The molecule has 1 amide bonds. The van der Waals surface area contributed by atoms with Gasteiger partial charge in [-0.15, -0.1) is 0 Å². The largest absolute Gasteiger partial charge is 0.497 e. The number of methoxy groups -OCH3 is 2. The Balaban J connectivity index is 1.52. The number of aryl methyl sites for hydroxylation is 1. The smallest absolute Gasteiger partial charge is 0.222 e. The van der Waals surface area contributed by atoms with Crippen LogP contribution in [0.1, 0.15) is 69.9 Å². The zero-order valence-corrected chi connectivity index (χ0v) is 24.9. The molecule has 1 saturated carbocycles. The van der Waals surface area contributed by atoms with E-state index in [0.29, 0.717) is 24.2 Å². The lowest BCUT2D eigenvalue weighted by atomic mass is 9.56. The van der Waals surface area contributed by atoms with Crippen LogP contribution in [0.2, 0.25) is 0 Å². The molecule has 1 aliphatic carbocycles. The molecule has 1 saturated heterocycles. The van der Waals surface area contributed by atoms with Crippen LogP contribution in [0, 0.1) is 11.8 Å². The third kappa shape index (κ3) is 7.24. The van der Waals surface area contributed by atoms with E-state index in [1.807, 2.05) is 13.2 Å². The van der Waals surface area contributed by atoms with Crippen molar-refractivity contribution in [2.24, 2.45) is 11.8 Å². The number of nitrogens with zero attached hydrogens (tertiary/aromatic N) is 2. The Morgan fingerprint density at radius 1 is 1.08 bits per heavy atom. The molecule has 5 heteroatoms. The van der Waals surface area contributed by atoms with Crippen LogP contribution < -0.4 is 4.74 Å². The first-order chi connectivity index (χ1) is 18.9. The van der Waals surface area contributed by atoms with Gasteiger partial charge in [0.2, 0.25) is 5.91 Å². The number of amides is 1. The summed E-state index contributed by atoms with van der Waals surface area (Å²) in [5.74, 6) is 2.03. The standard InChI is InChI=1S/C34H50N2O3/c1-26(2)24-36(33(37)18-11-7-10-15-27-13-8-6-9-14-27)29-22-32(39-5)31-25-35(3)20-19-34(31,23-29)28-16-12-17-30(21-28)38-4/h6,8-9,12-14,16-17,21,26,29,31-32H,7,10-11,15,18-20,22-25H2,1-5H3/t29-,31+,32?,34+/m1/s1. The third-order valence-corrected chi connectivity index (χ3v) is 9.18. The van der Waals surface area contributed by atoms with Crippen LogP contribution >= 0.6 is 0 Å². The van der Waals surface area contributed by atoms with Gasteiger partial charge in [0.25, 0.3) is 0 Å². The molecule has 0 N–H and O–H groups in total. The van der Waals surface area contributed by atoms with Crippen LogP contribution in [0.3, 0.4) is 0 Å². The summed E-state index contributed by atoms with van der Waals surface area (Å²) in [5.41, 5.74) is 2.69. The molecule has 4 rings (SSSR count). The second-order valence-electron chi connectivity index (χ2n) is 12.4. The fraction of sp³-hybridized carbons (Fsp3) is 0.618. The molecular weight excluding hydrogens is 484 g/mol. The number of likely N-dealkylation sites (tertiary alicyclic amines) is 1. The molecule has 214 valence electrons. The van der Waals surface area contributed by atoms with E-state index in [0.717, 1.165) is 70.3 Å². The molecule has 0 aromatic heterocycles. The highest BCUT2D eigenvalue weighted by Gasteiger charge is 2.53. The number of fused-ring (bicyclic) bond motifs is 1. The van der Waals surface area contributed by atoms with Crippen molar-refractivity contribution in [3.8, 4) is 5.75 Å². The Morgan fingerprint density at radius 2 is 1.87 bits per heavy atom. The van der Waals surface area contributed by atoms with Gasteiger partial charge in [-0.25, -0.2) is 0 Å². The van der Waals surface area contributed by atoms with E-state index in [1.54, 1.807) is 7.11 Å². The van der Waals surface area contributed by atoms with Gasteiger partial charge >= 0.3 is 0 Å². The maximum Gasteiger partial charge on any atom is 0.222 e. The topological polar surface area (TPSA) is 42.0 Å². The summed E-state index contributed by atoms with van der Waals surface area (Å²) in [6, 6.07) is 19.5.